The van der Waals surface area contributed by atoms with Crippen molar-refractivity contribution in [3.05, 3.63) is 12.2 Å². The van der Waals surface area contributed by atoms with E-state index in [1.807, 2.05) is 6.08 Å². The summed E-state index contributed by atoms with van der Waals surface area (Å²) >= 11 is 0. The number of unbranched alkanes of at least 4 members (excludes halogenated alkanes) is 4. The largest absolute Gasteiger partial charge is 0.386 e. The minimum absolute atomic E-state index is 0.634. The average molecular weight is 170 g/mol. The molecule has 0 radical (unpaired) electrons. The first kappa shape index (κ1) is 11.7. The lowest BCUT2D eigenvalue weighted by Gasteiger charge is -2.09. The molecule has 72 valence electrons. The minimum atomic E-state index is -0.634. The molecule has 0 aromatic rings. The molecule has 0 bridgehead atoms. The molecule has 0 fully saturated rings. The Balaban J connectivity index is 3.25. The third kappa shape index (κ3) is 9.70. The SMILES string of the molecule is CCCCCCC=CC(C)(C)O. The van der Waals surface area contributed by atoms with Crippen LogP contribution in [0.1, 0.15) is 52.9 Å². The Labute approximate surface area is 76.5 Å². The van der Waals surface area contributed by atoms with E-state index in [-0.39, 0.29) is 0 Å². The molecule has 0 aliphatic carbocycles. The predicted molar refractivity (Wildman–Crippen MR) is 54.2 cm³/mol. The third-order valence-corrected chi connectivity index (χ3v) is 1.75. The lowest BCUT2D eigenvalue weighted by atomic mass is 10.1. The summed E-state index contributed by atoms with van der Waals surface area (Å²) in [5.41, 5.74) is -0.634. The van der Waals surface area contributed by atoms with Gasteiger partial charge in [-0.25, -0.2) is 0 Å². The van der Waals surface area contributed by atoms with Gasteiger partial charge < -0.3 is 5.11 Å². The Hall–Kier alpha value is -0.300. The number of rotatable bonds is 6. The van der Waals surface area contributed by atoms with Crippen molar-refractivity contribution in [2.45, 2.75) is 58.5 Å². The van der Waals surface area contributed by atoms with E-state index >= 15 is 0 Å². The fourth-order valence-corrected chi connectivity index (χ4v) is 1.06. The van der Waals surface area contributed by atoms with Crippen molar-refractivity contribution < 1.29 is 5.11 Å². The number of allylic oxidation sites excluding steroid dienone is 1. The highest BCUT2D eigenvalue weighted by molar-refractivity contribution is 4.94. The zero-order valence-electron chi connectivity index (χ0n) is 8.64. The first-order valence-corrected chi connectivity index (χ1v) is 4.96. The van der Waals surface area contributed by atoms with Crippen molar-refractivity contribution >= 4 is 0 Å². The number of hydrogen-bond donors (Lipinski definition) is 1. The summed E-state index contributed by atoms with van der Waals surface area (Å²) in [5, 5.41) is 9.33. The van der Waals surface area contributed by atoms with Crippen molar-refractivity contribution in [1.29, 1.82) is 0 Å². The zero-order chi connectivity index (χ0) is 9.45. The quantitative estimate of drug-likeness (QED) is 0.479. The molecule has 1 N–H and O–H groups in total. The molecule has 0 spiro atoms. The maximum Gasteiger partial charge on any atom is 0.0771 e. The molecule has 0 unspecified atom stereocenters. The van der Waals surface area contributed by atoms with Gasteiger partial charge in [0.25, 0.3) is 0 Å². The summed E-state index contributed by atoms with van der Waals surface area (Å²) in [7, 11) is 0. The fourth-order valence-electron chi connectivity index (χ4n) is 1.06. The Morgan fingerprint density at radius 3 is 2.33 bits per heavy atom. The van der Waals surface area contributed by atoms with Gasteiger partial charge in [-0.2, -0.15) is 0 Å². The van der Waals surface area contributed by atoms with Gasteiger partial charge in [-0.15, -0.1) is 0 Å². The van der Waals surface area contributed by atoms with E-state index in [9.17, 15) is 5.11 Å². The maximum absolute atomic E-state index is 9.33. The van der Waals surface area contributed by atoms with Crippen LogP contribution < -0.4 is 0 Å². The van der Waals surface area contributed by atoms with Crippen molar-refractivity contribution in [2.75, 3.05) is 0 Å². The van der Waals surface area contributed by atoms with Crippen molar-refractivity contribution in [3.8, 4) is 0 Å². The first-order valence-electron chi connectivity index (χ1n) is 4.96. The van der Waals surface area contributed by atoms with Gasteiger partial charge in [-0.3, -0.25) is 0 Å². The second-order valence-corrected chi connectivity index (χ2v) is 3.91. The second kappa shape index (κ2) is 6.24. The third-order valence-electron chi connectivity index (χ3n) is 1.75. The van der Waals surface area contributed by atoms with E-state index in [1.165, 1.54) is 25.7 Å². The summed E-state index contributed by atoms with van der Waals surface area (Å²) in [6.45, 7) is 5.82. The van der Waals surface area contributed by atoms with Crippen LogP contribution in [0.5, 0.6) is 0 Å². The predicted octanol–water partition coefficient (Wildman–Crippen LogP) is 3.28. The summed E-state index contributed by atoms with van der Waals surface area (Å²) in [6.07, 6.45) is 10.2. The van der Waals surface area contributed by atoms with Crippen molar-refractivity contribution in [1.82, 2.24) is 0 Å². The van der Waals surface area contributed by atoms with Gasteiger partial charge in [0.1, 0.15) is 0 Å². The van der Waals surface area contributed by atoms with Gasteiger partial charge in [0.05, 0.1) is 5.60 Å². The topological polar surface area (TPSA) is 20.2 Å². The van der Waals surface area contributed by atoms with Gasteiger partial charge in [0, 0.05) is 0 Å². The van der Waals surface area contributed by atoms with Crippen LogP contribution in [0, 0.1) is 0 Å². The lowest BCUT2D eigenvalue weighted by molar-refractivity contribution is 0.133. The molecular weight excluding hydrogens is 148 g/mol. The molecule has 0 aliphatic heterocycles. The van der Waals surface area contributed by atoms with Gasteiger partial charge in [0.15, 0.2) is 0 Å². The Kier molecular flexibility index (Phi) is 6.09. The van der Waals surface area contributed by atoms with Crippen LogP contribution in [0.25, 0.3) is 0 Å². The molecule has 1 heteroatoms. The van der Waals surface area contributed by atoms with Gasteiger partial charge >= 0.3 is 0 Å². The van der Waals surface area contributed by atoms with Crippen LogP contribution in [0.15, 0.2) is 12.2 Å². The van der Waals surface area contributed by atoms with Crippen molar-refractivity contribution in [3.63, 3.8) is 0 Å². The summed E-state index contributed by atoms with van der Waals surface area (Å²) in [6, 6.07) is 0. The van der Waals surface area contributed by atoms with Crippen LogP contribution >= 0.6 is 0 Å². The molecular formula is C11H22O. The summed E-state index contributed by atoms with van der Waals surface area (Å²) in [4.78, 5) is 0. The van der Waals surface area contributed by atoms with E-state index in [2.05, 4.69) is 13.0 Å². The van der Waals surface area contributed by atoms with Gasteiger partial charge in [-0.1, -0.05) is 38.3 Å². The molecule has 1 nitrogen and oxygen atoms in total. The highest BCUT2D eigenvalue weighted by Crippen LogP contribution is 2.06. The fraction of sp³-hybridized carbons (Fsp3) is 0.818. The molecule has 0 aromatic heterocycles. The zero-order valence-corrected chi connectivity index (χ0v) is 8.64. The molecule has 0 saturated heterocycles. The molecule has 0 heterocycles. The van der Waals surface area contributed by atoms with E-state index < -0.39 is 5.60 Å². The molecule has 0 saturated carbocycles. The maximum atomic E-state index is 9.33. The molecule has 0 aliphatic rings. The average Bonchev–Trinajstić information content (AvgIpc) is 1.94. The molecule has 12 heavy (non-hydrogen) atoms. The monoisotopic (exact) mass is 170 g/mol. The Morgan fingerprint density at radius 1 is 1.17 bits per heavy atom. The smallest absolute Gasteiger partial charge is 0.0771 e. The molecule has 0 amide bonds. The van der Waals surface area contributed by atoms with Crippen molar-refractivity contribution in [2.24, 2.45) is 0 Å². The number of aliphatic hydroxyl groups is 1. The van der Waals surface area contributed by atoms with E-state index in [0.717, 1.165) is 6.42 Å². The van der Waals surface area contributed by atoms with Crippen LogP contribution in [0.2, 0.25) is 0 Å². The van der Waals surface area contributed by atoms with Crippen LogP contribution in [0.4, 0.5) is 0 Å². The molecule has 0 atom stereocenters. The summed E-state index contributed by atoms with van der Waals surface area (Å²) in [5.74, 6) is 0. The van der Waals surface area contributed by atoms with Crippen LogP contribution in [0.3, 0.4) is 0 Å². The number of hydrogen-bond acceptors (Lipinski definition) is 1. The van der Waals surface area contributed by atoms with Gasteiger partial charge in [-0.05, 0) is 26.7 Å². The highest BCUT2D eigenvalue weighted by Gasteiger charge is 2.04. The highest BCUT2D eigenvalue weighted by atomic mass is 16.3. The summed E-state index contributed by atoms with van der Waals surface area (Å²) < 4.78 is 0. The standard InChI is InChI=1S/C11H22O/c1-4-5-6-7-8-9-10-11(2,3)12/h9-10,12H,4-8H2,1-3H3. The van der Waals surface area contributed by atoms with E-state index in [0.29, 0.717) is 0 Å². The Morgan fingerprint density at radius 2 is 1.83 bits per heavy atom. The van der Waals surface area contributed by atoms with E-state index in [4.69, 9.17) is 0 Å². The van der Waals surface area contributed by atoms with Gasteiger partial charge in [0.2, 0.25) is 0 Å². The Bertz CT molecular complexity index is 119. The lowest BCUT2D eigenvalue weighted by Crippen LogP contribution is -2.13. The molecule has 0 aromatic carbocycles. The minimum Gasteiger partial charge on any atom is -0.386 e. The van der Waals surface area contributed by atoms with E-state index in [1.54, 1.807) is 13.8 Å². The molecule has 0 rings (SSSR count). The second-order valence-electron chi connectivity index (χ2n) is 3.91. The normalized spacial score (nSPS) is 12.7. The van der Waals surface area contributed by atoms with Crippen LogP contribution in [-0.4, -0.2) is 10.7 Å². The first-order chi connectivity index (χ1) is 5.56. The van der Waals surface area contributed by atoms with Crippen LogP contribution in [-0.2, 0) is 0 Å².